The van der Waals surface area contributed by atoms with E-state index < -0.39 is 0 Å². The fourth-order valence-corrected chi connectivity index (χ4v) is 3.23. The first-order valence-electron chi connectivity index (χ1n) is 8.02. The minimum atomic E-state index is 0.699. The van der Waals surface area contributed by atoms with E-state index in [0.717, 1.165) is 36.0 Å². The van der Waals surface area contributed by atoms with Crippen molar-refractivity contribution in [1.29, 1.82) is 0 Å². The molecule has 0 bridgehead atoms. The molecule has 0 saturated carbocycles. The Morgan fingerprint density at radius 2 is 2.12 bits per heavy atom. The lowest BCUT2D eigenvalue weighted by molar-refractivity contribution is 0.637. The molecule has 2 N–H and O–H groups in total. The Morgan fingerprint density at radius 3 is 2.92 bits per heavy atom. The van der Waals surface area contributed by atoms with E-state index in [0.29, 0.717) is 6.54 Å². The van der Waals surface area contributed by atoms with Gasteiger partial charge in [-0.25, -0.2) is 9.97 Å². The highest BCUT2D eigenvalue weighted by Gasteiger charge is 2.03. The van der Waals surface area contributed by atoms with Crippen LogP contribution in [0.25, 0.3) is 11.0 Å². The van der Waals surface area contributed by atoms with Crippen LogP contribution in [0.2, 0.25) is 0 Å². The largest absolute Gasteiger partial charge is 0.356 e. The lowest BCUT2D eigenvalue weighted by atomic mass is 10.3. The number of nitrogens with zero attached hydrogens (tertiary/aromatic N) is 4. The van der Waals surface area contributed by atoms with Crippen LogP contribution in [0, 0.1) is 6.92 Å². The number of imidazole rings is 1. The highest BCUT2D eigenvalue weighted by molar-refractivity contribution is 7.11. The monoisotopic (exact) mass is 342 g/mol. The Hall–Kier alpha value is -2.41. The summed E-state index contributed by atoms with van der Waals surface area (Å²) in [4.78, 5) is 14.2. The lowest BCUT2D eigenvalue weighted by Gasteiger charge is -2.11. The molecule has 0 aliphatic rings. The minimum absolute atomic E-state index is 0.699. The minimum Gasteiger partial charge on any atom is -0.356 e. The Kier molecular flexibility index (Phi) is 5.43. The molecule has 0 spiro atoms. The maximum atomic E-state index is 4.41. The third kappa shape index (κ3) is 4.11. The molecule has 0 fully saturated rings. The van der Waals surface area contributed by atoms with Crippen LogP contribution in [0.1, 0.15) is 16.3 Å². The molecule has 0 saturated heterocycles. The predicted molar refractivity (Wildman–Crippen MR) is 99.4 cm³/mol. The van der Waals surface area contributed by atoms with E-state index in [9.17, 15) is 0 Å². The number of thiazole rings is 1. The summed E-state index contributed by atoms with van der Waals surface area (Å²) < 4.78 is 2.19. The number of guanidine groups is 1. The molecule has 7 heteroatoms. The van der Waals surface area contributed by atoms with Crippen LogP contribution in [-0.2, 0) is 13.1 Å². The summed E-state index contributed by atoms with van der Waals surface area (Å²) in [5.41, 5.74) is 2.22. The quantitative estimate of drug-likeness (QED) is 0.410. The molecule has 0 radical (unpaired) electrons. The molecule has 0 aliphatic carbocycles. The zero-order chi connectivity index (χ0) is 16.8. The van der Waals surface area contributed by atoms with Gasteiger partial charge in [-0.05, 0) is 25.5 Å². The van der Waals surface area contributed by atoms with E-state index in [1.54, 1.807) is 18.4 Å². The third-order valence-electron chi connectivity index (χ3n) is 3.70. The van der Waals surface area contributed by atoms with Crippen LogP contribution in [0.4, 0.5) is 0 Å². The zero-order valence-corrected chi connectivity index (χ0v) is 14.8. The average Bonchev–Trinajstić information content (AvgIpc) is 3.20. The summed E-state index contributed by atoms with van der Waals surface area (Å²) in [7, 11) is 1.78. The summed E-state index contributed by atoms with van der Waals surface area (Å²) in [5.74, 6) is 0.804. The summed E-state index contributed by atoms with van der Waals surface area (Å²) in [6.07, 6.45) is 4.80. The van der Waals surface area contributed by atoms with E-state index in [4.69, 9.17) is 0 Å². The van der Waals surface area contributed by atoms with Gasteiger partial charge in [-0.2, -0.15) is 0 Å². The maximum absolute atomic E-state index is 4.41. The van der Waals surface area contributed by atoms with Gasteiger partial charge in [0.25, 0.3) is 0 Å². The number of rotatable bonds is 6. The Bertz CT molecular complexity index is 819. The van der Waals surface area contributed by atoms with Crippen molar-refractivity contribution >= 4 is 28.3 Å². The summed E-state index contributed by atoms with van der Waals surface area (Å²) in [6.45, 7) is 4.54. The molecule has 0 atom stereocenters. The van der Waals surface area contributed by atoms with Crippen LogP contribution >= 0.6 is 11.3 Å². The maximum Gasteiger partial charge on any atom is 0.191 e. The van der Waals surface area contributed by atoms with E-state index in [1.165, 1.54) is 10.4 Å². The first-order valence-corrected chi connectivity index (χ1v) is 8.83. The smallest absolute Gasteiger partial charge is 0.191 e. The highest BCUT2D eigenvalue weighted by atomic mass is 32.1. The highest BCUT2D eigenvalue weighted by Crippen LogP contribution is 2.12. The number of para-hydroxylation sites is 2. The number of nitrogens with one attached hydrogen (secondary N) is 2. The molecule has 2 heterocycles. The normalized spacial score (nSPS) is 11.8. The Morgan fingerprint density at radius 1 is 1.25 bits per heavy atom. The van der Waals surface area contributed by atoms with Crippen LogP contribution in [0.3, 0.4) is 0 Å². The molecule has 126 valence electrons. The molecule has 6 nitrogen and oxygen atoms in total. The summed E-state index contributed by atoms with van der Waals surface area (Å²) >= 11 is 1.70. The van der Waals surface area contributed by atoms with Crippen molar-refractivity contribution < 1.29 is 0 Å². The van der Waals surface area contributed by atoms with Crippen LogP contribution in [0.15, 0.2) is 41.8 Å². The molecule has 24 heavy (non-hydrogen) atoms. The molecule has 0 amide bonds. The van der Waals surface area contributed by atoms with Crippen molar-refractivity contribution in [2.24, 2.45) is 4.99 Å². The molecular weight excluding hydrogens is 320 g/mol. The van der Waals surface area contributed by atoms with Gasteiger partial charge in [-0.15, -0.1) is 11.3 Å². The van der Waals surface area contributed by atoms with Gasteiger partial charge in [0.05, 0.1) is 23.9 Å². The SMILES string of the molecule is CN=C(NCCCn1cnc2ccccc21)NCc1ncc(C)s1. The van der Waals surface area contributed by atoms with E-state index >= 15 is 0 Å². The van der Waals surface area contributed by atoms with E-state index in [-0.39, 0.29) is 0 Å². The molecule has 3 rings (SSSR count). The van der Waals surface area contributed by atoms with Gasteiger partial charge in [0.2, 0.25) is 0 Å². The number of benzene rings is 1. The van der Waals surface area contributed by atoms with Crippen LogP contribution < -0.4 is 10.6 Å². The van der Waals surface area contributed by atoms with E-state index in [1.807, 2.05) is 30.7 Å². The predicted octanol–water partition coefficient (Wildman–Crippen LogP) is 2.56. The van der Waals surface area contributed by atoms with Crippen molar-refractivity contribution in [3.63, 3.8) is 0 Å². The van der Waals surface area contributed by atoms with Crippen LogP contribution in [-0.4, -0.2) is 34.1 Å². The molecule has 1 aromatic carbocycles. The fourth-order valence-electron chi connectivity index (χ4n) is 2.51. The second kappa shape index (κ2) is 7.92. The molecule has 3 aromatic rings. The first-order chi connectivity index (χ1) is 11.8. The number of aromatic nitrogens is 3. The number of aliphatic imine (C=N–C) groups is 1. The van der Waals surface area contributed by atoms with Gasteiger partial charge in [0.1, 0.15) is 5.01 Å². The van der Waals surface area contributed by atoms with Crippen molar-refractivity contribution in [3.8, 4) is 0 Å². The standard InChI is InChI=1S/C17H22N6S/c1-13-10-20-16(24-13)11-21-17(18-2)19-8-5-9-23-12-22-14-6-3-4-7-15(14)23/h3-4,6-7,10,12H,5,8-9,11H2,1-2H3,(H2,18,19,21). The van der Waals surface area contributed by atoms with Gasteiger partial charge >= 0.3 is 0 Å². The van der Waals surface area contributed by atoms with Gasteiger partial charge in [-0.1, -0.05) is 12.1 Å². The number of aryl methyl sites for hydroxylation is 2. The summed E-state index contributed by atoms with van der Waals surface area (Å²) in [5, 5.41) is 7.70. The Balaban J connectivity index is 1.43. The zero-order valence-electron chi connectivity index (χ0n) is 14.0. The molecule has 0 unspecified atom stereocenters. The summed E-state index contributed by atoms with van der Waals surface area (Å²) in [6, 6.07) is 8.20. The second-order valence-corrected chi connectivity index (χ2v) is 6.82. The molecule has 0 aliphatic heterocycles. The van der Waals surface area contributed by atoms with Gasteiger partial charge < -0.3 is 15.2 Å². The number of hydrogen-bond donors (Lipinski definition) is 2. The van der Waals surface area contributed by atoms with E-state index in [2.05, 4.69) is 43.2 Å². The average molecular weight is 342 g/mol. The fraction of sp³-hybridized carbons (Fsp3) is 0.353. The van der Waals surface area contributed by atoms with Gasteiger partial charge in [0.15, 0.2) is 5.96 Å². The lowest BCUT2D eigenvalue weighted by Crippen LogP contribution is -2.37. The van der Waals surface area contributed by atoms with Crippen LogP contribution in [0.5, 0.6) is 0 Å². The molecule has 2 aromatic heterocycles. The van der Waals surface area contributed by atoms with Gasteiger partial charge in [-0.3, -0.25) is 4.99 Å². The first kappa shape index (κ1) is 16.4. The van der Waals surface area contributed by atoms with Crippen molar-refractivity contribution in [2.75, 3.05) is 13.6 Å². The number of hydrogen-bond acceptors (Lipinski definition) is 4. The molecular formula is C17H22N6S. The van der Waals surface area contributed by atoms with Crippen molar-refractivity contribution in [2.45, 2.75) is 26.4 Å². The second-order valence-electron chi connectivity index (χ2n) is 5.50. The van der Waals surface area contributed by atoms with Crippen molar-refractivity contribution in [1.82, 2.24) is 25.2 Å². The van der Waals surface area contributed by atoms with Gasteiger partial charge in [0, 0.05) is 31.2 Å². The third-order valence-corrected chi connectivity index (χ3v) is 4.61. The van der Waals surface area contributed by atoms with Crippen molar-refractivity contribution in [3.05, 3.63) is 46.7 Å². The topological polar surface area (TPSA) is 67.1 Å². The number of fused-ring (bicyclic) bond motifs is 1. The Labute approximate surface area is 145 Å².